The molecule has 0 amide bonds. The van der Waals surface area contributed by atoms with Gasteiger partial charge < -0.3 is 28.8 Å². The van der Waals surface area contributed by atoms with Gasteiger partial charge in [-0.2, -0.15) is 0 Å². The molecule has 0 saturated carbocycles. The molecule has 1 atom stereocenters. The van der Waals surface area contributed by atoms with Gasteiger partial charge in [-0.15, -0.1) is 0 Å². The average Bonchev–Trinajstić information content (AvgIpc) is 3.20. The number of methoxy groups -OCH3 is 4. The Morgan fingerprint density at radius 3 is 1.94 bits per heavy atom. The summed E-state index contributed by atoms with van der Waals surface area (Å²) in [6.07, 6.45) is -0.138. The van der Waals surface area contributed by atoms with E-state index in [9.17, 15) is 14.7 Å². The van der Waals surface area contributed by atoms with E-state index in [1.807, 2.05) is 30.3 Å². The molecule has 1 aliphatic carbocycles. The summed E-state index contributed by atoms with van der Waals surface area (Å²) < 4.78 is 27.8. The van der Waals surface area contributed by atoms with E-state index in [1.54, 1.807) is 24.3 Å². The first-order chi connectivity index (χ1) is 16.9. The number of ether oxygens (including phenoxy) is 5. The van der Waals surface area contributed by atoms with Crippen LogP contribution < -0.4 is 23.7 Å². The summed E-state index contributed by atoms with van der Waals surface area (Å²) in [5, 5.41) is 10.4. The van der Waals surface area contributed by atoms with Crippen LogP contribution in [-0.4, -0.2) is 45.3 Å². The van der Waals surface area contributed by atoms with Crippen molar-refractivity contribution < 1.29 is 38.4 Å². The van der Waals surface area contributed by atoms with Crippen LogP contribution in [-0.2, 0) is 23.2 Å². The number of carbonyl (C=O) groups excluding carboxylic acids is 1. The molecule has 0 heterocycles. The lowest BCUT2D eigenvalue weighted by molar-refractivity contribution is -0.141. The average molecular weight is 478 g/mol. The molecule has 0 fully saturated rings. The van der Waals surface area contributed by atoms with Crippen LogP contribution >= 0.6 is 0 Å². The Hall–Kier alpha value is -4.20. The first-order valence-corrected chi connectivity index (χ1v) is 10.9. The molecular weight excluding hydrogens is 452 g/mol. The molecule has 1 unspecified atom stereocenters. The van der Waals surface area contributed by atoms with Crippen LogP contribution in [0.15, 0.2) is 54.6 Å². The molecule has 0 saturated heterocycles. The van der Waals surface area contributed by atoms with Gasteiger partial charge in [0.15, 0.2) is 22.7 Å². The maximum Gasteiger partial charge on any atom is 0.322 e. The fourth-order valence-electron chi connectivity index (χ4n) is 4.56. The van der Waals surface area contributed by atoms with Crippen molar-refractivity contribution in [3.8, 4) is 28.7 Å². The number of rotatable bonds is 9. The molecular formula is C27H26O8. The number of benzene rings is 3. The summed E-state index contributed by atoms with van der Waals surface area (Å²) in [7, 11) is 5.65. The predicted molar refractivity (Wildman–Crippen MR) is 127 cm³/mol. The smallest absolute Gasteiger partial charge is 0.322 e. The number of hydrogen-bond donors (Lipinski definition) is 1. The monoisotopic (exact) mass is 478 g/mol. The van der Waals surface area contributed by atoms with Gasteiger partial charge in [-0.25, -0.2) is 0 Å². The molecule has 0 aliphatic heterocycles. The van der Waals surface area contributed by atoms with Crippen molar-refractivity contribution in [2.24, 2.45) is 0 Å². The molecule has 0 aromatic heterocycles. The van der Waals surface area contributed by atoms with Crippen molar-refractivity contribution in [3.05, 3.63) is 76.9 Å². The molecule has 0 radical (unpaired) electrons. The number of aliphatic carboxylic acids is 1. The SMILES string of the molecule is COc1c2c(c(OC)c(OC)c1OC)C(=O)C(C(=O)O)(c1ccc(OCc3ccccc3)cc1)C2. The van der Waals surface area contributed by atoms with Gasteiger partial charge >= 0.3 is 5.97 Å². The molecule has 3 aromatic rings. The minimum absolute atomic E-state index is 0.105. The Morgan fingerprint density at radius 1 is 0.829 bits per heavy atom. The molecule has 1 aliphatic rings. The highest BCUT2D eigenvalue weighted by Gasteiger charge is 2.56. The van der Waals surface area contributed by atoms with Crippen molar-refractivity contribution in [1.82, 2.24) is 0 Å². The minimum Gasteiger partial charge on any atom is -0.492 e. The maximum absolute atomic E-state index is 13.8. The second-order valence-electron chi connectivity index (χ2n) is 8.00. The third-order valence-electron chi connectivity index (χ3n) is 6.26. The summed E-state index contributed by atoms with van der Waals surface area (Å²) in [6, 6.07) is 16.2. The van der Waals surface area contributed by atoms with Gasteiger partial charge in [-0.05, 0) is 23.3 Å². The van der Waals surface area contributed by atoms with Crippen LogP contribution in [0.2, 0.25) is 0 Å². The zero-order valence-electron chi connectivity index (χ0n) is 19.9. The van der Waals surface area contributed by atoms with E-state index in [0.29, 0.717) is 23.5 Å². The fraction of sp³-hybridized carbons (Fsp3) is 0.259. The Labute approximate surface area is 203 Å². The molecule has 3 aromatic carbocycles. The molecule has 0 bridgehead atoms. The number of hydrogen-bond acceptors (Lipinski definition) is 7. The lowest BCUT2D eigenvalue weighted by Gasteiger charge is -2.23. The molecule has 8 nitrogen and oxygen atoms in total. The molecule has 4 rings (SSSR count). The van der Waals surface area contributed by atoms with Crippen molar-refractivity contribution in [2.45, 2.75) is 18.4 Å². The van der Waals surface area contributed by atoms with Gasteiger partial charge in [0, 0.05) is 12.0 Å². The van der Waals surface area contributed by atoms with Crippen molar-refractivity contribution in [3.63, 3.8) is 0 Å². The van der Waals surface area contributed by atoms with E-state index >= 15 is 0 Å². The fourth-order valence-corrected chi connectivity index (χ4v) is 4.56. The third-order valence-corrected chi connectivity index (χ3v) is 6.26. The topological polar surface area (TPSA) is 101 Å². The summed E-state index contributed by atoms with van der Waals surface area (Å²) in [5.41, 5.74) is -0.0619. The van der Waals surface area contributed by atoms with Crippen molar-refractivity contribution in [1.29, 1.82) is 0 Å². The standard InChI is InChI=1S/C27H26O8/c1-31-21-19-14-27(26(29)30,25(28)20(19)22(32-2)24(34-4)23(21)33-3)17-10-12-18(13-11-17)35-15-16-8-6-5-7-9-16/h5-13H,14-15H2,1-4H3,(H,29,30). The normalized spacial score (nSPS) is 16.4. The Morgan fingerprint density at radius 2 is 1.40 bits per heavy atom. The van der Waals surface area contributed by atoms with Crippen LogP contribution in [0.3, 0.4) is 0 Å². The van der Waals surface area contributed by atoms with Crippen molar-refractivity contribution >= 4 is 11.8 Å². The highest BCUT2D eigenvalue weighted by Crippen LogP contribution is 2.56. The number of carbonyl (C=O) groups is 2. The summed E-state index contributed by atoms with van der Waals surface area (Å²) in [4.78, 5) is 26.5. The zero-order valence-corrected chi connectivity index (χ0v) is 19.9. The second-order valence-corrected chi connectivity index (χ2v) is 8.00. The van der Waals surface area contributed by atoms with E-state index in [2.05, 4.69) is 0 Å². The number of carboxylic acid groups (broad SMARTS) is 1. The lowest BCUT2D eigenvalue weighted by Crippen LogP contribution is -2.41. The first-order valence-electron chi connectivity index (χ1n) is 10.9. The minimum atomic E-state index is -1.88. The number of Topliss-reactive ketones (excluding diaryl/α,β-unsaturated/α-hetero) is 1. The van der Waals surface area contributed by atoms with Gasteiger partial charge in [0.1, 0.15) is 12.4 Å². The highest BCUT2D eigenvalue weighted by atomic mass is 16.5. The summed E-state index contributed by atoms with van der Waals surface area (Å²) >= 11 is 0. The van der Waals surface area contributed by atoms with Gasteiger partial charge in [0.2, 0.25) is 11.5 Å². The van der Waals surface area contributed by atoms with E-state index in [0.717, 1.165) is 5.56 Å². The van der Waals surface area contributed by atoms with Crippen LogP contribution in [0.25, 0.3) is 0 Å². The molecule has 8 heteroatoms. The third kappa shape index (κ3) is 3.80. The van der Waals surface area contributed by atoms with E-state index in [1.165, 1.54) is 28.4 Å². The summed E-state index contributed by atoms with van der Waals surface area (Å²) in [6.45, 7) is 0.364. The Balaban J connectivity index is 1.77. The van der Waals surface area contributed by atoms with E-state index < -0.39 is 17.2 Å². The van der Waals surface area contributed by atoms with Crippen LogP contribution in [0.4, 0.5) is 0 Å². The molecule has 0 spiro atoms. The second kappa shape index (κ2) is 9.58. The van der Waals surface area contributed by atoms with Crippen LogP contribution in [0, 0.1) is 0 Å². The van der Waals surface area contributed by atoms with E-state index in [-0.39, 0.29) is 35.0 Å². The van der Waals surface area contributed by atoms with Gasteiger partial charge in [-0.1, -0.05) is 42.5 Å². The van der Waals surface area contributed by atoms with Crippen LogP contribution in [0.5, 0.6) is 28.7 Å². The number of carboxylic acids is 1. The van der Waals surface area contributed by atoms with Gasteiger partial charge in [-0.3, -0.25) is 9.59 Å². The Bertz CT molecular complexity index is 1250. The van der Waals surface area contributed by atoms with Crippen LogP contribution in [0.1, 0.15) is 27.0 Å². The molecule has 182 valence electrons. The zero-order chi connectivity index (χ0) is 25.2. The largest absolute Gasteiger partial charge is 0.492 e. The van der Waals surface area contributed by atoms with E-state index in [4.69, 9.17) is 23.7 Å². The number of fused-ring (bicyclic) bond motifs is 1. The predicted octanol–water partition coefficient (Wildman–Crippen LogP) is 4.06. The molecule has 35 heavy (non-hydrogen) atoms. The summed E-state index contributed by atoms with van der Waals surface area (Å²) in [5.74, 6) is -0.614. The quantitative estimate of drug-likeness (QED) is 0.460. The maximum atomic E-state index is 13.8. The highest BCUT2D eigenvalue weighted by molar-refractivity contribution is 6.22. The van der Waals surface area contributed by atoms with Gasteiger partial charge in [0.05, 0.1) is 34.0 Å². The number of ketones is 1. The Kier molecular flexibility index (Phi) is 6.55. The van der Waals surface area contributed by atoms with Gasteiger partial charge in [0.25, 0.3) is 0 Å². The molecule has 1 N–H and O–H groups in total. The lowest BCUT2D eigenvalue weighted by atomic mass is 9.77. The van der Waals surface area contributed by atoms with Crippen molar-refractivity contribution in [2.75, 3.05) is 28.4 Å². The first kappa shape index (κ1) is 23.9.